The summed E-state index contributed by atoms with van der Waals surface area (Å²) in [7, 11) is 0. The number of hydrogen-bond acceptors (Lipinski definition) is 3. The molecule has 35 heavy (non-hydrogen) atoms. The summed E-state index contributed by atoms with van der Waals surface area (Å²) in [4.78, 5) is 11.4. The molecule has 1 aliphatic heterocycles. The second-order valence-corrected chi connectivity index (χ2v) is 9.23. The molecule has 1 aliphatic rings. The number of aliphatic imine (C=N–C) groups is 1. The molecule has 3 aromatic carbocycles. The van der Waals surface area contributed by atoms with Crippen molar-refractivity contribution in [1.82, 2.24) is 20.6 Å². The summed E-state index contributed by atoms with van der Waals surface area (Å²) in [6, 6.07) is 27.4. The van der Waals surface area contributed by atoms with Crippen LogP contribution in [0.4, 0.5) is 0 Å². The topological polar surface area (TPSA) is 94.0 Å². The summed E-state index contributed by atoms with van der Waals surface area (Å²) in [5.74, 6) is -0.0687. The molecule has 6 N–H and O–H groups in total. The van der Waals surface area contributed by atoms with Crippen molar-refractivity contribution < 1.29 is 0 Å². The Morgan fingerprint density at radius 1 is 0.714 bits per heavy atom. The highest BCUT2D eigenvalue weighted by Crippen LogP contribution is 2.20. The predicted octanol–water partition coefficient (Wildman–Crippen LogP) is 4.72. The van der Waals surface area contributed by atoms with E-state index in [1.54, 1.807) is 0 Å². The molecule has 174 valence electrons. The molecule has 1 atom stereocenters. The molecule has 3 heterocycles. The van der Waals surface area contributed by atoms with Gasteiger partial charge in [0, 0.05) is 42.0 Å². The Hall–Kier alpha value is -4.29. The number of aromatic amines is 2. The van der Waals surface area contributed by atoms with Gasteiger partial charge in [-0.15, -0.1) is 0 Å². The smallest absolute Gasteiger partial charge is 0.166 e. The van der Waals surface area contributed by atoms with Crippen molar-refractivity contribution in [3.8, 4) is 0 Å². The van der Waals surface area contributed by atoms with Crippen LogP contribution in [0.25, 0.3) is 21.8 Å². The van der Waals surface area contributed by atoms with Crippen LogP contribution in [0.3, 0.4) is 0 Å². The van der Waals surface area contributed by atoms with Gasteiger partial charge >= 0.3 is 0 Å². The van der Waals surface area contributed by atoms with Gasteiger partial charge in [0.15, 0.2) is 5.79 Å². The minimum atomic E-state index is -0.855. The number of rotatable bonds is 6. The average molecular weight is 461 g/mol. The Morgan fingerprint density at radius 2 is 1.40 bits per heavy atom. The van der Waals surface area contributed by atoms with Crippen LogP contribution in [-0.4, -0.2) is 21.6 Å². The Kier molecular flexibility index (Phi) is 5.35. The molecular formula is C29H28N6. The van der Waals surface area contributed by atoms with E-state index in [0.717, 1.165) is 40.1 Å². The van der Waals surface area contributed by atoms with E-state index in [1.165, 1.54) is 16.3 Å². The summed E-state index contributed by atoms with van der Waals surface area (Å²) < 4.78 is 0. The van der Waals surface area contributed by atoms with Gasteiger partial charge in [0.2, 0.25) is 0 Å². The molecule has 1 unspecified atom stereocenters. The van der Waals surface area contributed by atoms with E-state index in [0.29, 0.717) is 13.0 Å². The second-order valence-electron chi connectivity index (χ2n) is 9.23. The van der Waals surface area contributed by atoms with Crippen LogP contribution < -0.4 is 16.4 Å². The maximum absolute atomic E-state index is 6.92. The Balaban J connectivity index is 1.28. The van der Waals surface area contributed by atoms with E-state index in [-0.39, 0.29) is 0 Å². The molecule has 5 aromatic rings. The van der Waals surface area contributed by atoms with Gasteiger partial charge in [-0.2, -0.15) is 0 Å². The van der Waals surface area contributed by atoms with Crippen LogP contribution in [0.15, 0.2) is 108 Å². The number of benzene rings is 3. The van der Waals surface area contributed by atoms with Crippen LogP contribution in [0.5, 0.6) is 0 Å². The summed E-state index contributed by atoms with van der Waals surface area (Å²) in [5.41, 5.74) is 13.7. The van der Waals surface area contributed by atoms with Crippen molar-refractivity contribution in [1.29, 1.82) is 0 Å². The number of nitrogens with two attached hydrogens (primary N) is 1. The molecule has 0 fully saturated rings. The molecule has 6 heteroatoms. The number of fused-ring (bicyclic) bond motifs is 2. The van der Waals surface area contributed by atoms with Crippen LogP contribution >= 0.6 is 0 Å². The van der Waals surface area contributed by atoms with Gasteiger partial charge < -0.3 is 20.6 Å². The quantitative estimate of drug-likeness (QED) is 0.254. The van der Waals surface area contributed by atoms with E-state index in [4.69, 9.17) is 10.7 Å². The first-order valence-electron chi connectivity index (χ1n) is 11.9. The maximum Gasteiger partial charge on any atom is 0.166 e. The number of nitrogens with zero attached hydrogens (tertiary/aromatic N) is 1. The fourth-order valence-electron chi connectivity index (χ4n) is 4.78. The monoisotopic (exact) mass is 460 g/mol. The Labute approximate surface area is 204 Å². The first kappa shape index (κ1) is 21.3. The van der Waals surface area contributed by atoms with Gasteiger partial charge in [-0.05, 0) is 69.9 Å². The number of H-pyrrole nitrogens is 2. The van der Waals surface area contributed by atoms with Gasteiger partial charge in [0.05, 0.1) is 6.54 Å². The number of allylic oxidation sites excluding steroid dienone is 1. The molecule has 0 saturated heterocycles. The first-order valence-corrected chi connectivity index (χ1v) is 11.9. The number of nitrogens with one attached hydrogen (secondary N) is 4. The Bertz CT molecular complexity index is 1540. The molecular weight excluding hydrogens is 432 g/mol. The molecule has 0 aliphatic carbocycles. The predicted molar refractivity (Wildman–Crippen MR) is 143 cm³/mol. The van der Waals surface area contributed by atoms with Crippen molar-refractivity contribution >= 4 is 27.6 Å². The van der Waals surface area contributed by atoms with E-state index in [2.05, 4.69) is 99.5 Å². The van der Waals surface area contributed by atoms with Crippen molar-refractivity contribution in [2.45, 2.75) is 25.2 Å². The van der Waals surface area contributed by atoms with E-state index < -0.39 is 5.79 Å². The van der Waals surface area contributed by atoms with Crippen LogP contribution in [0.2, 0.25) is 0 Å². The van der Waals surface area contributed by atoms with Crippen molar-refractivity contribution in [2.24, 2.45) is 10.7 Å². The lowest BCUT2D eigenvalue weighted by atomic mass is 10.0. The largest absolute Gasteiger partial charge is 0.361 e. The lowest BCUT2D eigenvalue weighted by molar-refractivity contribution is 0.324. The third-order valence-electron chi connectivity index (χ3n) is 6.43. The Morgan fingerprint density at radius 3 is 2.14 bits per heavy atom. The molecule has 6 nitrogen and oxygen atoms in total. The molecule has 0 bridgehead atoms. The molecule has 0 amide bonds. The zero-order chi connectivity index (χ0) is 23.7. The van der Waals surface area contributed by atoms with Crippen LogP contribution in [-0.2, 0) is 19.4 Å². The van der Waals surface area contributed by atoms with Gasteiger partial charge in [-0.25, -0.2) is 0 Å². The molecule has 6 rings (SSSR count). The van der Waals surface area contributed by atoms with E-state index in [1.807, 2.05) is 18.5 Å². The fourth-order valence-corrected chi connectivity index (χ4v) is 4.78. The van der Waals surface area contributed by atoms with Gasteiger partial charge in [-0.1, -0.05) is 42.5 Å². The third kappa shape index (κ3) is 4.69. The highest BCUT2D eigenvalue weighted by molar-refractivity contribution is 5.95. The summed E-state index contributed by atoms with van der Waals surface area (Å²) in [6.07, 6.45) is 7.35. The molecule has 0 radical (unpaired) electrons. The fraction of sp³-hybridized carbons (Fsp3) is 0.138. The molecule has 0 saturated carbocycles. The average Bonchev–Trinajstić information content (AvgIpc) is 3.51. The van der Waals surface area contributed by atoms with Gasteiger partial charge in [-0.3, -0.25) is 10.7 Å². The van der Waals surface area contributed by atoms with Gasteiger partial charge in [0.1, 0.15) is 5.84 Å². The second kappa shape index (κ2) is 8.81. The van der Waals surface area contributed by atoms with Crippen LogP contribution in [0, 0.1) is 0 Å². The zero-order valence-electron chi connectivity index (χ0n) is 19.4. The SMILES string of the molecule is NC1(Cc2ccc3[nH]ccc3c2)NC(Cc2ccccc2)=CC(=NCc2ccc3[nH]ccc3c2)N1. The molecule has 0 spiro atoms. The lowest BCUT2D eigenvalue weighted by Gasteiger charge is -2.38. The molecule has 2 aromatic heterocycles. The lowest BCUT2D eigenvalue weighted by Crippen LogP contribution is -2.68. The number of amidine groups is 1. The highest BCUT2D eigenvalue weighted by Gasteiger charge is 2.30. The summed E-state index contributed by atoms with van der Waals surface area (Å²) >= 11 is 0. The zero-order valence-corrected chi connectivity index (χ0v) is 19.4. The minimum absolute atomic E-state index is 0.573. The van der Waals surface area contributed by atoms with E-state index >= 15 is 0 Å². The van der Waals surface area contributed by atoms with Crippen LogP contribution in [0.1, 0.15) is 16.7 Å². The van der Waals surface area contributed by atoms with Crippen molar-refractivity contribution in [2.75, 3.05) is 0 Å². The first-order chi connectivity index (χ1) is 17.1. The van der Waals surface area contributed by atoms with E-state index in [9.17, 15) is 0 Å². The maximum atomic E-state index is 6.92. The van der Waals surface area contributed by atoms with Gasteiger partial charge in [0.25, 0.3) is 0 Å². The summed E-state index contributed by atoms with van der Waals surface area (Å²) in [6.45, 7) is 0.573. The number of aromatic nitrogens is 2. The standard InChI is InChI=1S/C29H28N6/c30-29(18-21-6-8-26-23(14-21)10-12-31-26)34-25(16-20-4-2-1-3-5-20)17-28(35-29)33-19-22-7-9-27-24(15-22)11-13-32-27/h1-15,17,31-32,34H,16,18-19,30H2,(H,33,35). The number of hydrogen-bond donors (Lipinski definition) is 5. The third-order valence-corrected chi connectivity index (χ3v) is 6.43. The van der Waals surface area contributed by atoms with Crippen molar-refractivity contribution in [3.63, 3.8) is 0 Å². The van der Waals surface area contributed by atoms with Crippen molar-refractivity contribution in [3.05, 3.63) is 120 Å². The normalized spacial score (nSPS) is 19.0. The minimum Gasteiger partial charge on any atom is -0.361 e. The summed E-state index contributed by atoms with van der Waals surface area (Å²) in [5, 5.41) is 9.38. The highest BCUT2D eigenvalue weighted by atomic mass is 15.3.